The van der Waals surface area contributed by atoms with Gasteiger partial charge in [0.25, 0.3) is 0 Å². The number of nitrogens with zero attached hydrogens (tertiary/aromatic N) is 1. The number of nitrogens with one attached hydrogen (secondary N) is 1. The fraction of sp³-hybridized carbons (Fsp3) is 0.611. The first-order valence-corrected chi connectivity index (χ1v) is 8.46. The van der Waals surface area contributed by atoms with Gasteiger partial charge >= 0.3 is 5.97 Å². The normalized spacial score (nSPS) is 28.5. The maximum absolute atomic E-state index is 12.4. The monoisotopic (exact) mass is 352 g/mol. The highest BCUT2D eigenvalue weighted by Gasteiger charge is 2.54. The molecule has 132 valence electrons. The number of esters is 1. The molecule has 0 amide bonds. The highest BCUT2D eigenvalue weighted by Crippen LogP contribution is 2.44. The summed E-state index contributed by atoms with van der Waals surface area (Å²) < 4.78 is 10.8. The fourth-order valence-corrected chi connectivity index (χ4v) is 4.49. The molecule has 1 aromatic carbocycles. The first-order valence-electron chi connectivity index (χ1n) is 8.46. The summed E-state index contributed by atoms with van der Waals surface area (Å²) in [6, 6.07) is 6.54. The van der Waals surface area contributed by atoms with E-state index in [2.05, 4.69) is 28.4 Å². The molecule has 3 heterocycles. The van der Waals surface area contributed by atoms with Crippen LogP contribution in [0.5, 0.6) is 0 Å². The fourth-order valence-electron chi connectivity index (χ4n) is 4.49. The third-order valence-corrected chi connectivity index (χ3v) is 5.70. The molecule has 2 saturated heterocycles. The maximum Gasteiger partial charge on any atom is 0.313 e. The van der Waals surface area contributed by atoms with Crippen molar-refractivity contribution in [3.63, 3.8) is 0 Å². The summed E-state index contributed by atoms with van der Waals surface area (Å²) in [6.07, 6.45) is 1.87. The van der Waals surface area contributed by atoms with Crippen molar-refractivity contribution in [2.75, 3.05) is 45.3 Å². The van der Waals surface area contributed by atoms with Crippen LogP contribution in [0.1, 0.15) is 17.5 Å². The Morgan fingerprint density at radius 3 is 3.21 bits per heavy atom. The molecule has 0 saturated carbocycles. The Kier molecular flexibility index (Phi) is 5.04. The van der Waals surface area contributed by atoms with Crippen LogP contribution in [0.3, 0.4) is 0 Å². The van der Waals surface area contributed by atoms with E-state index in [4.69, 9.17) is 9.47 Å². The molecule has 1 aromatic rings. The van der Waals surface area contributed by atoms with Crippen molar-refractivity contribution in [2.24, 2.45) is 11.3 Å². The van der Waals surface area contributed by atoms with Crippen LogP contribution in [0.2, 0.25) is 0 Å². The zero-order valence-electron chi connectivity index (χ0n) is 14.0. The number of anilines is 1. The van der Waals surface area contributed by atoms with Gasteiger partial charge in [-0.3, -0.25) is 9.69 Å². The SMILES string of the molecule is COC(=O)[C@@]12CCOC[C@@H]1CN(Cc1cccc3c1NCC3)C2.Cl. The number of rotatable bonds is 3. The predicted octanol–water partition coefficient (Wildman–Crippen LogP) is 2.09. The van der Waals surface area contributed by atoms with E-state index in [9.17, 15) is 4.79 Å². The van der Waals surface area contributed by atoms with Crippen molar-refractivity contribution in [3.05, 3.63) is 29.3 Å². The Labute approximate surface area is 149 Å². The van der Waals surface area contributed by atoms with E-state index in [1.165, 1.54) is 23.9 Å². The average molecular weight is 353 g/mol. The second kappa shape index (κ2) is 6.90. The van der Waals surface area contributed by atoms with Gasteiger partial charge in [-0.05, 0) is 24.0 Å². The summed E-state index contributed by atoms with van der Waals surface area (Å²) in [5, 5.41) is 3.51. The van der Waals surface area contributed by atoms with Crippen molar-refractivity contribution in [2.45, 2.75) is 19.4 Å². The van der Waals surface area contributed by atoms with Crippen LogP contribution in [-0.2, 0) is 27.2 Å². The summed E-state index contributed by atoms with van der Waals surface area (Å²) in [5.74, 6) is 0.179. The van der Waals surface area contributed by atoms with Crippen molar-refractivity contribution >= 4 is 24.1 Å². The van der Waals surface area contributed by atoms with E-state index in [0.717, 1.165) is 39.0 Å². The molecule has 2 fully saturated rings. The smallest absolute Gasteiger partial charge is 0.313 e. The molecule has 0 unspecified atom stereocenters. The third-order valence-electron chi connectivity index (χ3n) is 5.70. The van der Waals surface area contributed by atoms with E-state index in [1.807, 2.05) is 0 Å². The van der Waals surface area contributed by atoms with Gasteiger partial charge in [0.15, 0.2) is 0 Å². The van der Waals surface area contributed by atoms with Gasteiger partial charge in [0, 0.05) is 44.4 Å². The largest absolute Gasteiger partial charge is 0.469 e. The van der Waals surface area contributed by atoms with E-state index in [0.29, 0.717) is 13.2 Å². The van der Waals surface area contributed by atoms with E-state index < -0.39 is 0 Å². The van der Waals surface area contributed by atoms with Gasteiger partial charge < -0.3 is 14.8 Å². The minimum absolute atomic E-state index is 0. The maximum atomic E-state index is 12.4. The van der Waals surface area contributed by atoms with Gasteiger partial charge in [0.05, 0.1) is 19.1 Å². The molecule has 0 spiro atoms. The Morgan fingerprint density at radius 1 is 1.50 bits per heavy atom. The van der Waals surface area contributed by atoms with Crippen LogP contribution >= 0.6 is 12.4 Å². The Morgan fingerprint density at radius 2 is 2.38 bits per heavy atom. The topological polar surface area (TPSA) is 50.8 Å². The number of ether oxygens (including phenoxy) is 2. The lowest BCUT2D eigenvalue weighted by atomic mass is 9.74. The molecule has 0 bridgehead atoms. The van der Waals surface area contributed by atoms with Gasteiger partial charge in [-0.25, -0.2) is 0 Å². The molecule has 0 aromatic heterocycles. The number of fused-ring (bicyclic) bond motifs is 2. The number of para-hydroxylation sites is 1. The van der Waals surface area contributed by atoms with Crippen molar-refractivity contribution in [1.29, 1.82) is 0 Å². The predicted molar refractivity (Wildman–Crippen MR) is 94.5 cm³/mol. The van der Waals surface area contributed by atoms with Crippen molar-refractivity contribution in [1.82, 2.24) is 4.90 Å². The first kappa shape index (κ1) is 17.5. The van der Waals surface area contributed by atoms with Crippen LogP contribution in [-0.4, -0.2) is 50.8 Å². The molecule has 2 atom stereocenters. The number of hydrogen-bond acceptors (Lipinski definition) is 5. The lowest BCUT2D eigenvalue weighted by Gasteiger charge is -2.35. The van der Waals surface area contributed by atoms with Crippen LogP contribution < -0.4 is 5.32 Å². The number of carbonyl (C=O) groups excluding carboxylic acids is 1. The minimum atomic E-state index is -0.377. The van der Waals surface area contributed by atoms with Gasteiger partial charge in [-0.2, -0.15) is 0 Å². The highest BCUT2D eigenvalue weighted by molar-refractivity contribution is 5.85. The molecule has 0 aliphatic carbocycles. The van der Waals surface area contributed by atoms with Gasteiger partial charge in [-0.1, -0.05) is 18.2 Å². The number of methoxy groups -OCH3 is 1. The summed E-state index contributed by atoms with van der Waals surface area (Å²) in [7, 11) is 1.50. The van der Waals surface area contributed by atoms with Crippen molar-refractivity contribution < 1.29 is 14.3 Å². The van der Waals surface area contributed by atoms with E-state index in [-0.39, 0.29) is 29.7 Å². The lowest BCUT2D eigenvalue weighted by Crippen LogP contribution is -2.45. The molecule has 3 aliphatic heterocycles. The standard InChI is InChI=1S/C18H24N2O3.ClH/c1-22-17(21)18-6-8-23-11-15(18)10-20(12-18)9-14-4-2-3-13-5-7-19-16(13)14;/h2-4,15,19H,5-12H2,1H3;1H/t15-,18+;/m0./s1. The van der Waals surface area contributed by atoms with Gasteiger partial charge in [0.2, 0.25) is 0 Å². The molecular weight excluding hydrogens is 328 g/mol. The second-order valence-electron chi connectivity index (χ2n) is 6.97. The number of benzene rings is 1. The summed E-state index contributed by atoms with van der Waals surface area (Å²) in [5.41, 5.74) is 3.66. The second-order valence-corrected chi connectivity index (χ2v) is 6.97. The van der Waals surface area contributed by atoms with Gasteiger partial charge in [0.1, 0.15) is 0 Å². The van der Waals surface area contributed by atoms with E-state index in [1.54, 1.807) is 0 Å². The molecule has 6 heteroatoms. The molecule has 5 nitrogen and oxygen atoms in total. The Hall–Kier alpha value is -1.30. The molecular formula is C18H25ClN2O3. The van der Waals surface area contributed by atoms with Crippen LogP contribution in [0.25, 0.3) is 0 Å². The zero-order valence-corrected chi connectivity index (χ0v) is 14.9. The molecule has 3 aliphatic rings. The lowest BCUT2D eigenvalue weighted by molar-refractivity contribution is -0.161. The van der Waals surface area contributed by atoms with Crippen LogP contribution in [0.4, 0.5) is 5.69 Å². The molecule has 1 N–H and O–H groups in total. The summed E-state index contributed by atoms with van der Waals surface area (Å²) in [6.45, 7) is 4.90. The summed E-state index contributed by atoms with van der Waals surface area (Å²) >= 11 is 0. The van der Waals surface area contributed by atoms with Gasteiger partial charge in [-0.15, -0.1) is 12.4 Å². The molecule has 0 radical (unpaired) electrons. The quantitative estimate of drug-likeness (QED) is 0.844. The number of halogens is 1. The Bertz CT molecular complexity index is 624. The summed E-state index contributed by atoms with van der Waals surface area (Å²) in [4.78, 5) is 14.8. The van der Waals surface area contributed by atoms with Crippen LogP contribution in [0.15, 0.2) is 18.2 Å². The zero-order chi connectivity index (χ0) is 15.9. The molecule has 24 heavy (non-hydrogen) atoms. The first-order chi connectivity index (χ1) is 11.2. The average Bonchev–Trinajstić information content (AvgIpc) is 3.18. The number of hydrogen-bond donors (Lipinski definition) is 1. The molecule has 4 rings (SSSR count). The third kappa shape index (κ3) is 2.79. The number of likely N-dealkylation sites (tertiary alicyclic amines) is 1. The van der Waals surface area contributed by atoms with Crippen LogP contribution in [0, 0.1) is 11.3 Å². The van der Waals surface area contributed by atoms with Crippen molar-refractivity contribution in [3.8, 4) is 0 Å². The minimum Gasteiger partial charge on any atom is -0.469 e. The highest BCUT2D eigenvalue weighted by atomic mass is 35.5. The Balaban J connectivity index is 0.00000169. The number of carbonyl (C=O) groups is 1. The van der Waals surface area contributed by atoms with E-state index >= 15 is 0 Å².